The Hall–Kier alpha value is -1.07. The molecule has 1 saturated heterocycles. The van der Waals surface area contributed by atoms with Crippen LogP contribution in [-0.4, -0.2) is 30.6 Å². The summed E-state index contributed by atoms with van der Waals surface area (Å²) in [4.78, 5) is 2.37. The van der Waals surface area contributed by atoms with E-state index in [0.717, 1.165) is 31.6 Å². The lowest BCUT2D eigenvalue weighted by Crippen LogP contribution is -2.50. The van der Waals surface area contributed by atoms with Crippen molar-refractivity contribution in [2.45, 2.75) is 38.5 Å². The second-order valence-corrected chi connectivity index (χ2v) is 5.33. The Balaban J connectivity index is 2.19. The number of hydrogen-bond acceptors (Lipinski definition) is 2. The minimum absolute atomic E-state index is 0.189. The molecular weight excluding hydrogens is 265 g/mol. The highest BCUT2D eigenvalue weighted by atomic mass is 19.4. The zero-order chi connectivity index (χ0) is 14.8. The SMILES string of the molecule is CC[C@@H](c1ccc(C(F)(F)F)cc1)N1CCNC[C@@H]1C. The van der Waals surface area contributed by atoms with E-state index < -0.39 is 11.7 Å². The van der Waals surface area contributed by atoms with Crippen LogP contribution in [0.25, 0.3) is 0 Å². The average molecular weight is 286 g/mol. The molecule has 0 amide bonds. The Kier molecular flexibility index (Phi) is 4.70. The van der Waals surface area contributed by atoms with Crippen molar-refractivity contribution in [1.29, 1.82) is 0 Å². The van der Waals surface area contributed by atoms with Crippen LogP contribution in [0.3, 0.4) is 0 Å². The van der Waals surface area contributed by atoms with Gasteiger partial charge in [0.15, 0.2) is 0 Å². The quantitative estimate of drug-likeness (QED) is 0.915. The predicted octanol–water partition coefficient (Wildman–Crippen LogP) is 3.45. The molecule has 1 heterocycles. The predicted molar refractivity (Wildman–Crippen MR) is 73.5 cm³/mol. The summed E-state index contributed by atoms with van der Waals surface area (Å²) in [5, 5.41) is 3.33. The van der Waals surface area contributed by atoms with Crippen molar-refractivity contribution in [2.75, 3.05) is 19.6 Å². The summed E-state index contributed by atoms with van der Waals surface area (Å²) < 4.78 is 37.8. The number of halogens is 3. The fourth-order valence-electron chi connectivity index (χ4n) is 2.88. The molecule has 0 saturated carbocycles. The molecule has 112 valence electrons. The van der Waals surface area contributed by atoms with Gasteiger partial charge in [-0.25, -0.2) is 0 Å². The summed E-state index contributed by atoms with van der Waals surface area (Å²) in [6.07, 6.45) is -3.36. The largest absolute Gasteiger partial charge is 0.416 e. The molecule has 2 atom stereocenters. The van der Waals surface area contributed by atoms with Gasteiger partial charge in [0.1, 0.15) is 0 Å². The molecule has 1 aromatic carbocycles. The van der Waals surface area contributed by atoms with Gasteiger partial charge in [-0.05, 0) is 31.0 Å². The third-order valence-electron chi connectivity index (χ3n) is 3.96. The van der Waals surface area contributed by atoms with Gasteiger partial charge in [-0.1, -0.05) is 19.1 Å². The van der Waals surface area contributed by atoms with Gasteiger partial charge in [0.05, 0.1) is 5.56 Å². The maximum absolute atomic E-state index is 12.6. The van der Waals surface area contributed by atoms with E-state index in [9.17, 15) is 13.2 Å². The minimum Gasteiger partial charge on any atom is -0.314 e. The number of nitrogens with one attached hydrogen (secondary N) is 1. The Labute approximate surface area is 118 Å². The number of nitrogens with zero attached hydrogens (tertiary/aromatic N) is 1. The summed E-state index contributed by atoms with van der Waals surface area (Å²) in [5.74, 6) is 0. The first-order valence-electron chi connectivity index (χ1n) is 7.07. The minimum atomic E-state index is -4.26. The van der Waals surface area contributed by atoms with Crippen molar-refractivity contribution < 1.29 is 13.2 Å². The van der Waals surface area contributed by atoms with Gasteiger partial charge in [-0.15, -0.1) is 0 Å². The molecule has 0 spiro atoms. The van der Waals surface area contributed by atoms with Crippen LogP contribution >= 0.6 is 0 Å². The van der Waals surface area contributed by atoms with E-state index >= 15 is 0 Å². The smallest absolute Gasteiger partial charge is 0.314 e. The highest BCUT2D eigenvalue weighted by Gasteiger charge is 2.31. The molecule has 0 aliphatic carbocycles. The third-order valence-corrected chi connectivity index (χ3v) is 3.96. The van der Waals surface area contributed by atoms with Crippen molar-refractivity contribution in [1.82, 2.24) is 10.2 Å². The molecule has 1 N–H and O–H groups in total. The number of hydrogen-bond donors (Lipinski definition) is 1. The summed E-state index contributed by atoms with van der Waals surface area (Å²) in [6, 6.07) is 6.19. The van der Waals surface area contributed by atoms with Gasteiger partial charge in [0.25, 0.3) is 0 Å². The highest BCUT2D eigenvalue weighted by molar-refractivity contribution is 5.27. The van der Waals surface area contributed by atoms with E-state index in [-0.39, 0.29) is 6.04 Å². The fraction of sp³-hybridized carbons (Fsp3) is 0.600. The van der Waals surface area contributed by atoms with Crippen molar-refractivity contribution in [3.8, 4) is 0 Å². The first-order valence-corrected chi connectivity index (χ1v) is 7.07. The first kappa shape index (κ1) is 15.3. The number of piperazine rings is 1. The molecule has 1 aromatic rings. The van der Waals surface area contributed by atoms with Crippen LogP contribution in [0.5, 0.6) is 0 Å². The van der Waals surface area contributed by atoms with E-state index in [0.29, 0.717) is 6.04 Å². The van der Waals surface area contributed by atoms with Crippen LogP contribution in [-0.2, 0) is 6.18 Å². The number of alkyl halides is 3. The van der Waals surface area contributed by atoms with Gasteiger partial charge < -0.3 is 5.32 Å². The Morgan fingerprint density at radius 2 is 1.95 bits per heavy atom. The summed E-state index contributed by atoms with van der Waals surface area (Å²) >= 11 is 0. The van der Waals surface area contributed by atoms with Crippen molar-refractivity contribution in [2.24, 2.45) is 0 Å². The summed E-state index contributed by atoms with van der Waals surface area (Å²) in [6.45, 7) is 7.02. The molecule has 5 heteroatoms. The van der Waals surface area contributed by atoms with Crippen molar-refractivity contribution in [3.63, 3.8) is 0 Å². The summed E-state index contributed by atoms with van der Waals surface area (Å²) in [7, 11) is 0. The monoisotopic (exact) mass is 286 g/mol. The second-order valence-electron chi connectivity index (χ2n) is 5.33. The lowest BCUT2D eigenvalue weighted by molar-refractivity contribution is -0.137. The molecule has 0 bridgehead atoms. The normalized spacial score (nSPS) is 22.8. The zero-order valence-corrected chi connectivity index (χ0v) is 11.9. The van der Waals surface area contributed by atoms with Gasteiger partial charge in [-0.2, -0.15) is 13.2 Å². The van der Waals surface area contributed by atoms with E-state index in [4.69, 9.17) is 0 Å². The van der Waals surface area contributed by atoms with Crippen molar-refractivity contribution in [3.05, 3.63) is 35.4 Å². The molecule has 2 nitrogen and oxygen atoms in total. The van der Waals surface area contributed by atoms with Crippen LogP contribution in [0.1, 0.15) is 37.4 Å². The highest BCUT2D eigenvalue weighted by Crippen LogP contribution is 2.32. The molecular formula is C15H21F3N2. The third kappa shape index (κ3) is 3.33. The van der Waals surface area contributed by atoms with Crippen LogP contribution in [0.2, 0.25) is 0 Å². The van der Waals surface area contributed by atoms with Gasteiger partial charge >= 0.3 is 6.18 Å². The molecule has 1 fully saturated rings. The Morgan fingerprint density at radius 1 is 1.30 bits per heavy atom. The van der Waals surface area contributed by atoms with E-state index in [1.165, 1.54) is 12.1 Å². The zero-order valence-electron chi connectivity index (χ0n) is 11.9. The standard InChI is InChI=1S/C15H21F3N2/c1-3-14(20-9-8-19-10-11(20)2)12-4-6-13(7-5-12)15(16,17)18/h4-7,11,14,19H,3,8-10H2,1-2H3/t11-,14-/m0/s1. The van der Waals surface area contributed by atoms with E-state index in [2.05, 4.69) is 24.1 Å². The Morgan fingerprint density at radius 3 is 2.45 bits per heavy atom. The van der Waals surface area contributed by atoms with Gasteiger partial charge in [0, 0.05) is 31.7 Å². The number of benzene rings is 1. The second kappa shape index (κ2) is 6.14. The fourth-order valence-corrected chi connectivity index (χ4v) is 2.88. The first-order chi connectivity index (χ1) is 9.43. The van der Waals surface area contributed by atoms with Crippen LogP contribution < -0.4 is 5.32 Å². The van der Waals surface area contributed by atoms with Gasteiger partial charge in [-0.3, -0.25) is 4.90 Å². The van der Waals surface area contributed by atoms with Crippen LogP contribution in [0.15, 0.2) is 24.3 Å². The molecule has 20 heavy (non-hydrogen) atoms. The molecule has 1 aliphatic rings. The van der Waals surface area contributed by atoms with E-state index in [1.807, 2.05) is 0 Å². The molecule has 0 aromatic heterocycles. The van der Waals surface area contributed by atoms with Gasteiger partial charge in [0.2, 0.25) is 0 Å². The topological polar surface area (TPSA) is 15.3 Å². The molecule has 0 unspecified atom stereocenters. The molecule has 0 radical (unpaired) electrons. The lowest BCUT2D eigenvalue weighted by Gasteiger charge is -2.40. The van der Waals surface area contributed by atoms with Crippen LogP contribution in [0.4, 0.5) is 13.2 Å². The maximum atomic E-state index is 12.6. The Bertz CT molecular complexity index is 428. The average Bonchev–Trinajstić information content (AvgIpc) is 2.41. The number of rotatable bonds is 3. The summed E-state index contributed by atoms with van der Waals surface area (Å²) in [5.41, 5.74) is 0.388. The molecule has 1 aliphatic heterocycles. The van der Waals surface area contributed by atoms with Crippen molar-refractivity contribution >= 4 is 0 Å². The maximum Gasteiger partial charge on any atom is 0.416 e. The van der Waals surface area contributed by atoms with Crippen LogP contribution in [0, 0.1) is 0 Å². The lowest BCUT2D eigenvalue weighted by atomic mass is 9.98. The molecule has 2 rings (SSSR count). The van der Waals surface area contributed by atoms with E-state index in [1.54, 1.807) is 12.1 Å².